The number of rotatable bonds is 4. The molecule has 1 aromatic heterocycles. The minimum atomic E-state index is -0.364. The van der Waals surface area contributed by atoms with E-state index in [2.05, 4.69) is 26.1 Å². The van der Waals surface area contributed by atoms with E-state index in [-0.39, 0.29) is 16.3 Å². The zero-order valence-corrected chi connectivity index (χ0v) is 9.36. The van der Waals surface area contributed by atoms with Crippen LogP contribution in [0.15, 0.2) is 18.3 Å². The topological polar surface area (TPSA) is 60.1 Å². The van der Waals surface area contributed by atoms with Crippen LogP contribution in [-0.2, 0) is 6.54 Å². The van der Waals surface area contributed by atoms with Crippen LogP contribution in [0.1, 0.15) is 20.8 Å². The van der Waals surface area contributed by atoms with E-state index in [9.17, 15) is 10.1 Å². The molecule has 15 heavy (non-hydrogen) atoms. The van der Waals surface area contributed by atoms with Crippen molar-refractivity contribution in [3.8, 4) is 0 Å². The maximum atomic E-state index is 10.6. The van der Waals surface area contributed by atoms with Crippen LogP contribution in [0.5, 0.6) is 0 Å². The van der Waals surface area contributed by atoms with Crippen LogP contribution in [0.2, 0.25) is 0 Å². The van der Waals surface area contributed by atoms with Gasteiger partial charge in [0.1, 0.15) is 6.54 Å². The molecule has 5 nitrogen and oxygen atoms in total. The Kier molecular flexibility index (Phi) is 3.47. The third-order valence-electron chi connectivity index (χ3n) is 2.00. The normalized spacial score (nSPS) is 11.7. The Morgan fingerprint density at radius 2 is 2.20 bits per heavy atom. The van der Waals surface area contributed by atoms with Gasteiger partial charge in [0.25, 0.3) is 0 Å². The molecule has 0 unspecified atom stereocenters. The Balaban J connectivity index is 2.51. The highest BCUT2D eigenvalue weighted by molar-refractivity contribution is 5.21. The van der Waals surface area contributed by atoms with E-state index in [1.807, 2.05) is 0 Å². The predicted octanol–water partition coefficient (Wildman–Crippen LogP) is 1.78. The lowest BCUT2D eigenvalue weighted by molar-refractivity contribution is -0.392. The van der Waals surface area contributed by atoms with E-state index in [0.717, 1.165) is 6.54 Å². The molecular weight excluding hydrogens is 194 g/mol. The van der Waals surface area contributed by atoms with Crippen molar-refractivity contribution in [1.82, 2.24) is 9.88 Å². The van der Waals surface area contributed by atoms with Gasteiger partial charge in [-0.3, -0.25) is 0 Å². The average Bonchev–Trinajstić information content (AvgIpc) is 2.49. The number of nitro groups is 1. The molecule has 84 valence electrons. The molecule has 0 aliphatic rings. The molecule has 0 spiro atoms. The standard InChI is InChI=1S/C10H17N3O2/c1-10(2,3)11-6-8-12-7-4-5-9(12)13(14)15/h4-5,7,11H,6,8H2,1-3H3. The van der Waals surface area contributed by atoms with Gasteiger partial charge in [-0.1, -0.05) is 0 Å². The quantitative estimate of drug-likeness (QED) is 0.610. The van der Waals surface area contributed by atoms with Gasteiger partial charge in [0.15, 0.2) is 0 Å². The van der Waals surface area contributed by atoms with Crippen molar-refractivity contribution in [2.24, 2.45) is 0 Å². The largest absolute Gasteiger partial charge is 0.358 e. The summed E-state index contributed by atoms with van der Waals surface area (Å²) < 4.78 is 1.64. The summed E-state index contributed by atoms with van der Waals surface area (Å²) in [5, 5.41) is 13.9. The first-order valence-corrected chi connectivity index (χ1v) is 4.95. The Hall–Kier alpha value is -1.36. The minimum Gasteiger partial charge on any atom is -0.358 e. The second-order valence-corrected chi connectivity index (χ2v) is 4.49. The predicted molar refractivity (Wildman–Crippen MR) is 58.8 cm³/mol. The molecule has 0 aliphatic carbocycles. The zero-order chi connectivity index (χ0) is 11.5. The second-order valence-electron chi connectivity index (χ2n) is 4.49. The summed E-state index contributed by atoms with van der Waals surface area (Å²) in [6, 6.07) is 3.20. The molecule has 0 saturated heterocycles. The van der Waals surface area contributed by atoms with Gasteiger partial charge >= 0.3 is 5.82 Å². The molecule has 1 rings (SSSR count). The molecule has 0 bridgehead atoms. The summed E-state index contributed by atoms with van der Waals surface area (Å²) in [4.78, 5) is 10.2. The van der Waals surface area contributed by atoms with Gasteiger partial charge in [-0.15, -0.1) is 0 Å². The number of nitrogens with one attached hydrogen (secondary N) is 1. The summed E-state index contributed by atoms with van der Waals surface area (Å²) >= 11 is 0. The van der Waals surface area contributed by atoms with Crippen LogP contribution in [0.3, 0.4) is 0 Å². The van der Waals surface area contributed by atoms with Crippen molar-refractivity contribution in [1.29, 1.82) is 0 Å². The number of hydrogen-bond donors (Lipinski definition) is 1. The van der Waals surface area contributed by atoms with Gasteiger partial charge in [0.2, 0.25) is 0 Å². The SMILES string of the molecule is CC(C)(C)NCCn1cccc1[N+](=O)[O-]. The van der Waals surface area contributed by atoms with Crippen LogP contribution in [0.4, 0.5) is 5.82 Å². The van der Waals surface area contributed by atoms with Crippen LogP contribution in [0, 0.1) is 10.1 Å². The fraction of sp³-hybridized carbons (Fsp3) is 0.600. The van der Waals surface area contributed by atoms with E-state index < -0.39 is 0 Å². The fourth-order valence-electron chi connectivity index (χ4n) is 1.31. The Labute approximate surface area is 89.2 Å². The molecule has 1 N–H and O–H groups in total. The van der Waals surface area contributed by atoms with Gasteiger partial charge in [-0.05, 0) is 31.8 Å². The van der Waals surface area contributed by atoms with Crippen molar-refractivity contribution in [2.75, 3.05) is 6.54 Å². The van der Waals surface area contributed by atoms with Gasteiger partial charge in [-0.25, -0.2) is 4.57 Å². The van der Waals surface area contributed by atoms with Gasteiger partial charge < -0.3 is 15.4 Å². The Morgan fingerprint density at radius 1 is 1.53 bits per heavy atom. The lowest BCUT2D eigenvalue weighted by atomic mass is 10.1. The highest BCUT2D eigenvalue weighted by atomic mass is 16.6. The number of hydrogen-bond acceptors (Lipinski definition) is 3. The van der Waals surface area contributed by atoms with E-state index >= 15 is 0 Å². The molecule has 0 saturated carbocycles. The highest BCUT2D eigenvalue weighted by Crippen LogP contribution is 2.11. The van der Waals surface area contributed by atoms with E-state index in [1.54, 1.807) is 16.8 Å². The first-order chi connectivity index (χ1) is 6.90. The van der Waals surface area contributed by atoms with Crippen molar-refractivity contribution < 1.29 is 4.92 Å². The summed E-state index contributed by atoms with van der Waals surface area (Å²) in [6.45, 7) is 7.53. The molecule has 5 heteroatoms. The summed E-state index contributed by atoms with van der Waals surface area (Å²) in [7, 11) is 0. The lowest BCUT2D eigenvalue weighted by Crippen LogP contribution is -2.37. The number of nitrogens with zero attached hydrogens (tertiary/aromatic N) is 2. The van der Waals surface area contributed by atoms with Crippen LogP contribution < -0.4 is 5.32 Å². The maximum Gasteiger partial charge on any atom is 0.323 e. The van der Waals surface area contributed by atoms with Crippen molar-refractivity contribution in [3.05, 3.63) is 28.4 Å². The number of aromatic nitrogens is 1. The second kappa shape index (κ2) is 4.44. The molecule has 0 aliphatic heterocycles. The van der Waals surface area contributed by atoms with Crippen molar-refractivity contribution >= 4 is 5.82 Å². The first-order valence-electron chi connectivity index (χ1n) is 4.95. The molecular formula is C10H17N3O2. The summed E-state index contributed by atoms with van der Waals surface area (Å²) in [6.07, 6.45) is 1.72. The maximum absolute atomic E-state index is 10.6. The smallest absolute Gasteiger partial charge is 0.323 e. The fourth-order valence-corrected chi connectivity index (χ4v) is 1.31. The lowest BCUT2D eigenvalue weighted by Gasteiger charge is -2.19. The zero-order valence-electron chi connectivity index (χ0n) is 9.36. The molecule has 1 heterocycles. The first kappa shape index (κ1) is 11.7. The summed E-state index contributed by atoms with van der Waals surface area (Å²) in [5.41, 5.74) is 0.0436. The third kappa shape index (κ3) is 3.71. The van der Waals surface area contributed by atoms with Gasteiger partial charge in [-0.2, -0.15) is 0 Å². The molecule has 0 amide bonds. The highest BCUT2D eigenvalue weighted by Gasteiger charge is 2.13. The van der Waals surface area contributed by atoms with Crippen LogP contribution >= 0.6 is 0 Å². The van der Waals surface area contributed by atoms with Gasteiger partial charge in [0, 0.05) is 18.2 Å². The van der Waals surface area contributed by atoms with Gasteiger partial charge in [0.05, 0.1) is 6.20 Å². The van der Waals surface area contributed by atoms with E-state index in [4.69, 9.17) is 0 Å². The third-order valence-corrected chi connectivity index (χ3v) is 2.00. The van der Waals surface area contributed by atoms with E-state index in [1.165, 1.54) is 6.07 Å². The molecule has 1 aromatic rings. The summed E-state index contributed by atoms with van der Waals surface area (Å²) in [5.74, 6) is 0.144. The van der Waals surface area contributed by atoms with Crippen molar-refractivity contribution in [3.63, 3.8) is 0 Å². The molecule has 0 fully saturated rings. The minimum absolute atomic E-state index is 0.0436. The molecule has 0 aromatic carbocycles. The van der Waals surface area contributed by atoms with E-state index in [0.29, 0.717) is 6.54 Å². The molecule has 0 atom stereocenters. The van der Waals surface area contributed by atoms with Crippen LogP contribution in [0.25, 0.3) is 0 Å². The Morgan fingerprint density at radius 3 is 2.73 bits per heavy atom. The average molecular weight is 211 g/mol. The van der Waals surface area contributed by atoms with Crippen molar-refractivity contribution in [2.45, 2.75) is 32.9 Å². The Bertz CT molecular complexity index is 339. The van der Waals surface area contributed by atoms with Crippen LogP contribution in [-0.4, -0.2) is 21.6 Å². The molecule has 0 radical (unpaired) electrons. The monoisotopic (exact) mass is 211 g/mol.